The summed E-state index contributed by atoms with van der Waals surface area (Å²) < 4.78 is 0. The number of anilines is 1. The molecule has 0 radical (unpaired) electrons. The zero-order chi connectivity index (χ0) is 21.0. The number of carbonyl (C=O) groups is 3. The van der Waals surface area contributed by atoms with E-state index in [1.807, 2.05) is 30.3 Å². The number of hydrogen-bond donors (Lipinski definition) is 5. The SMILES string of the molecule is CC(NC(=O)[C@H]1CC(c2ccccc2)CN1C(=O)O)C(=O)NCc1cc(N)n[nH]1. The molecular formula is C19H24N6O4. The summed E-state index contributed by atoms with van der Waals surface area (Å²) in [5.74, 6) is -0.637. The molecule has 6 N–H and O–H groups in total. The Hall–Kier alpha value is -3.56. The van der Waals surface area contributed by atoms with Crippen molar-refractivity contribution in [3.05, 3.63) is 47.7 Å². The minimum atomic E-state index is -1.16. The van der Waals surface area contributed by atoms with E-state index < -0.39 is 30.0 Å². The minimum absolute atomic E-state index is 0.0713. The van der Waals surface area contributed by atoms with Crippen LogP contribution >= 0.6 is 0 Å². The Balaban J connectivity index is 1.58. The number of nitrogens with one attached hydrogen (secondary N) is 3. The molecule has 1 aromatic heterocycles. The Kier molecular flexibility index (Phi) is 6.01. The smallest absolute Gasteiger partial charge is 0.408 e. The van der Waals surface area contributed by atoms with Gasteiger partial charge in [-0.3, -0.25) is 19.6 Å². The number of amides is 3. The molecule has 2 aromatic rings. The highest BCUT2D eigenvalue weighted by molar-refractivity contribution is 5.91. The monoisotopic (exact) mass is 400 g/mol. The lowest BCUT2D eigenvalue weighted by atomic mass is 9.96. The van der Waals surface area contributed by atoms with Crippen LogP contribution in [0.2, 0.25) is 0 Å². The second kappa shape index (κ2) is 8.63. The van der Waals surface area contributed by atoms with Crippen LogP contribution in [0.25, 0.3) is 0 Å². The van der Waals surface area contributed by atoms with Crippen LogP contribution in [0.3, 0.4) is 0 Å². The van der Waals surface area contributed by atoms with Gasteiger partial charge in [0.1, 0.15) is 17.9 Å². The number of benzene rings is 1. The van der Waals surface area contributed by atoms with Gasteiger partial charge in [0.25, 0.3) is 0 Å². The van der Waals surface area contributed by atoms with Gasteiger partial charge in [-0.2, -0.15) is 5.10 Å². The average Bonchev–Trinajstić information content (AvgIpc) is 3.33. The number of aromatic nitrogens is 2. The number of rotatable bonds is 6. The van der Waals surface area contributed by atoms with E-state index in [0.29, 0.717) is 17.9 Å². The van der Waals surface area contributed by atoms with E-state index >= 15 is 0 Å². The number of carbonyl (C=O) groups excluding carboxylic acids is 2. The van der Waals surface area contributed by atoms with Gasteiger partial charge in [-0.15, -0.1) is 0 Å². The Bertz CT molecular complexity index is 884. The summed E-state index contributed by atoms with van der Waals surface area (Å²) in [5, 5.41) is 21.2. The Morgan fingerprint density at radius 3 is 2.69 bits per heavy atom. The van der Waals surface area contributed by atoms with Crippen LogP contribution in [-0.2, 0) is 16.1 Å². The molecular weight excluding hydrogens is 376 g/mol. The Morgan fingerprint density at radius 2 is 2.07 bits per heavy atom. The van der Waals surface area contributed by atoms with E-state index in [9.17, 15) is 19.5 Å². The first-order chi connectivity index (χ1) is 13.8. The normalized spacial score (nSPS) is 19.6. The highest BCUT2D eigenvalue weighted by atomic mass is 16.4. The molecule has 1 saturated heterocycles. The van der Waals surface area contributed by atoms with Crippen LogP contribution in [0.5, 0.6) is 0 Å². The third kappa shape index (κ3) is 4.84. The summed E-state index contributed by atoms with van der Waals surface area (Å²) in [5.41, 5.74) is 7.12. The maximum atomic E-state index is 12.7. The fourth-order valence-electron chi connectivity index (χ4n) is 3.44. The molecule has 3 atom stereocenters. The van der Waals surface area contributed by atoms with E-state index in [-0.39, 0.29) is 19.0 Å². The molecule has 1 aliphatic rings. The molecule has 10 nitrogen and oxygen atoms in total. The number of aromatic amines is 1. The number of nitrogens with zero attached hydrogens (tertiary/aromatic N) is 2. The second-order valence-electron chi connectivity index (χ2n) is 7.06. The second-order valence-corrected chi connectivity index (χ2v) is 7.06. The van der Waals surface area contributed by atoms with Crippen molar-refractivity contribution in [3.63, 3.8) is 0 Å². The summed E-state index contributed by atoms with van der Waals surface area (Å²) in [4.78, 5) is 37.7. The molecule has 10 heteroatoms. The van der Waals surface area contributed by atoms with Crippen LogP contribution in [0.4, 0.5) is 10.6 Å². The van der Waals surface area contributed by atoms with Crippen molar-refractivity contribution in [1.29, 1.82) is 0 Å². The van der Waals surface area contributed by atoms with Crippen molar-refractivity contribution in [2.24, 2.45) is 0 Å². The summed E-state index contributed by atoms with van der Waals surface area (Å²) in [6.07, 6.45) is -0.790. The molecule has 1 aromatic carbocycles. The van der Waals surface area contributed by atoms with Crippen molar-refractivity contribution < 1.29 is 19.5 Å². The number of hydrogen-bond acceptors (Lipinski definition) is 5. The Morgan fingerprint density at radius 1 is 1.34 bits per heavy atom. The number of likely N-dealkylation sites (tertiary alicyclic amines) is 1. The standard InChI is InChI=1S/C19H24N6O4/c1-11(17(26)21-9-14-8-16(20)24-23-14)22-18(27)15-7-13(10-25(15)19(28)29)12-5-3-2-4-6-12/h2-6,8,11,13,15H,7,9-10H2,1H3,(H,21,26)(H,22,27)(H,28,29)(H3,20,23,24)/t11?,13?,15-/m1/s1. The van der Waals surface area contributed by atoms with E-state index in [0.717, 1.165) is 10.5 Å². The molecule has 1 fully saturated rings. The molecule has 3 amide bonds. The van der Waals surface area contributed by atoms with Crippen molar-refractivity contribution in [2.75, 3.05) is 12.3 Å². The van der Waals surface area contributed by atoms with E-state index in [1.54, 1.807) is 13.0 Å². The summed E-state index contributed by atoms with van der Waals surface area (Å²) in [6, 6.07) is 9.41. The largest absolute Gasteiger partial charge is 0.465 e. The number of H-pyrrole nitrogens is 1. The van der Waals surface area contributed by atoms with Gasteiger partial charge < -0.3 is 21.5 Å². The summed E-state index contributed by atoms with van der Waals surface area (Å²) in [6.45, 7) is 1.96. The topological polar surface area (TPSA) is 153 Å². The van der Waals surface area contributed by atoms with Crippen LogP contribution in [-0.4, -0.2) is 56.7 Å². The molecule has 29 heavy (non-hydrogen) atoms. The molecule has 3 rings (SSSR count). The predicted molar refractivity (Wildman–Crippen MR) is 105 cm³/mol. The first kappa shape index (κ1) is 20.2. The minimum Gasteiger partial charge on any atom is -0.465 e. The predicted octanol–water partition coefficient (Wildman–Crippen LogP) is 0.649. The lowest BCUT2D eigenvalue weighted by Gasteiger charge is -2.22. The highest BCUT2D eigenvalue weighted by Gasteiger charge is 2.40. The van der Waals surface area contributed by atoms with Gasteiger partial charge >= 0.3 is 6.09 Å². The molecule has 1 aliphatic heterocycles. The van der Waals surface area contributed by atoms with Crippen LogP contribution < -0.4 is 16.4 Å². The third-order valence-corrected chi connectivity index (χ3v) is 4.98. The lowest BCUT2D eigenvalue weighted by Crippen LogP contribution is -2.51. The van der Waals surface area contributed by atoms with Gasteiger partial charge in [-0.25, -0.2) is 4.79 Å². The molecule has 0 aliphatic carbocycles. The molecule has 0 spiro atoms. The van der Waals surface area contributed by atoms with Crippen LogP contribution in [0.1, 0.15) is 30.5 Å². The average molecular weight is 400 g/mol. The van der Waals surface area contributed by atoms with E-state index in [4.69, 9.17) is 5.73 Å². The molecule has 0 bridgehead atoms. The quantitative estimate of drug-likeness (QED) is 0.480. The number of nitrogen functional groups attached to an aromatic ring is 1. The summed E-state index contributed by atoms with van der Waals surface area (Å²) in [7, 11) is 0. The fourth-order valence-corrected chi connectivity index (χ4v) is 3.44. The summed E-state index contributed by atoms with van der Waals surface area (Å²) >= 11 is 0. The van der Waals surface area contributed by atoms with Gasteiger partial charge in [-0.1, -0.05) is 30.3 Å². The van der Waals surface area contributed by atoms with E-state index in [1.165, 1.54) is 0 Å². The van der Waals surface area contributed by atoms with Crippen molar-refractivity contribution in [2.45, 2.75) is 37.9 Å². The third-order valence-electron chi connectivity index (χ3n) is 4.98. The van der Waals surface area contributed by atoms with Crippen molar-refractivity contribution in [1.82, 2.24) is 25.7 Å². The number of nitrogens with two attached hydrogens (primary N) is 1. The van der Waals surface area contributed by atoms with Gasteiger partial charge in [0.15, 0.2) is 0 Å². The zero-order valence-corrected chi connectivity index (χ0v) is 16.0. The van der Waals surface area contributed by atoms with E-state index in [2.05, 4.69) is 20.8 Å². The van der Waals surface area contributed by atoms with Gasteiger partial charge in [0, 0.05) is 18.5 Å². The van der Waals surface area contributed by atoms with Gasteiger partial charge in [0.05, 0.1) is 12.2 Å². The molecule has 2 unspecified atom stereocenters. The maximum Gasteiger partial charge on any atom is 0.408 e. The zero-order valence-electron chi connectivity index (χ0n) is 16.0. The van der Waals surface area contributed by atoms with Gasteiger partial charge in [0.2, 0.25) is 11.8 Å². The number of carboxylic acid groups (broad SMARTS) is 1. The van der Waals surface area contributed by atoms with Crippen molar-refractivity contribution >= 4 is 23.7 Å². The highest BCUT2D eigenvalue weighted by Crippen LogP contribution is 2.31. The lowest BCUT2D eigenvalue weighted by molar-refractivity contribution is -0.130. The fraction of sp³-hybridized carbons (Fsp3) is 0.368. The maximum absolute atomic E-state index is 12.7. The van der Waals surface area contributed by atoms with Crippen LogP contribution in [0, 0.1) is 0 Å². The first-order valence-electron chi connectivity index (χ1n) is 9.27. The first-order valence-corrected chi connectivity index (χ1v) is 9.27. The molecule has 154 valence electrons. The molecule has 0 saturated carbocycles. The van der Waals surface area contributed by atoms with Gasteiger partial charge in [-0.05, 0) is 18.9 Å². The van der Waals surface area contributed by atoms with Crippen LogP contribution in [0.15, 0.2) is 36.4 Å². The van der Waals surface area contributed by atoms with Crippen molar-refractivity contribution in [3.8, 4) is 0 Å². The Labute approximate surface area is 167 Å². The molecule has 2 heterocycles.